The number of carbonyl (C=O) groups is 1. The number of hydrogen-bond acceptors (Lipinski definition) is 4. The molecule has 4 rings (SSSR count). The molecule has 0 saturated carbocycles. The maximum Gasteiger partial charge on any atom is 0.277 e. The maximum atomic E-state index is 14.3. The van der Waals surface area contributed by atoms with E-state index in [0.29, 0.717) is 22.6 Å². The summed E-state index contributed by atoms with van der Waals surface area (Å²) in [5.74, 6) is -1.29. The Morgan fingerprint density at radius 3 is 2.43 bits per heavy atom. The number of primary amides is 1. The Hall–Kier alpha value is -2.90. The van der Waals surface area contributed by atoms with Crippen LogP contribution in [0.2, 0.25) is 0 Å². The Morgan fingerprint density at radius 1 is 0.964 bits per heavy atom. The van der Waals surface area contributed by atoms with Crippen molar-refractivity contribution in [2.75, 3.05) is 0 Å². The van der Waals surface area contributed by atoms with Crippen molar-refractivity contribution < 1.29 is 13.6 Å². The first-order valence-corrected chi connectivity index (χ1v) is 10.0. The zero-order chi connectivity index (χ0) is 19.7. The summed E-state index contributed by atoms with van der Waals surface area (Å²) >= 11 is 2.64. The van der Waals surface area contributed by atoms with Crippen molar-refractivity contribution in [2.24, 2.45) is 5.73 Å². The van der Waals surface area contributed by atoms with Crippen LogP contribution in [0.15, 0.2) is 60.7 Å². The fraction of sp³-hybridized carbons (Fsp3) is 0.0476. The van der Waals surface area contributed by atoms with Gasteiger partial charge in [0, 0.05) is 21.7 Å². The first-order valence-electron chi connectivity index (χ1n) is 8.40. The first-order chi connectivity index (χ1) is 13.5. The molecule has 0 saturated heterocycles. The van der Waals surface area contributed by atoms with Crippen LogP contribution in [0.3, 0.4) is 0 Å². The van der Waals surface area contributed by atoms with Gasteiger partial charge in [0.15, 0.2) is 5.01 Å². The van der Waals surface area contributed by atoms with Crippen molar-refractivity contribution in [3.05, 3.63) is 87.9 Å². The van der Waals surface area contributed by atoms with Crippen LogP contribution in [0, 0.1) is 11.6 Å². The summed E-state index contributed by atoms with van der Waals surface area (Å²) < 4.78 is 27.4. The van der Waals surface area contributed by atoms with Crippen molar-refractivity contribution in [2.45, 2.75) is 6.42 Å². The number of thiophene rings is 1. The third-order valence-corrected chi connectivity index (χ3v) is 6.44. The molecule has 1 amide bonds. The third kappa shape index (κ3) is 3.72. The number of carbonyl (C=O) groups excluding carboxylic acids is 1. The minimum Gasteiger partial charge on any atom is -0.364 e. The van der Waals surface area contributed by atoms with Crippen molar-refractivity contribution in [3.8, 4) is 20.9 Å². The highest BCUT2D eigenvalue weighted by Gasteiger charge is 2.19. The predicted molar refractivity (Wildman–Crippen MR) is 109 cm³/mol. The first kappa shape index (κ1) is 18.5. The van der Waals surface area contributed by atoms with Gasteiger partial charge >= 0.3 is 0 Å². The fourth-order valence-electron chi connectivity index (χ4n) is 2.84. The zero-order valence-electron chi connectivity index (χ0n) is 14.5. The summed E-state index contributed by atoms with van der Waals surface area (Å²) in [5.41, 5.74) is 7.31. The average molecular weight is 412 g/mol. The number of benzene rings is 2. The van der Waals surface area contributed by atoms with E-state index in [9.17, 15) is 13.6 Å². The van der Waals surface area contributed by atoms with Crippen molar-refractivity contribution in [3.63, 3.8) is 0 Å². The van der Waals surface area contributed by atoms with Crippen LogP contribution in [-0.4, -0.2) is 10.9 Å². The standard InChI is InChI=1S/C21H14F2N2OS2/c22-13-7-5-12(6-8-13)18-10-9-14(27-18)11-17-19(28-21(25-17)20(24)26)15-3-1-2-4-16(15)23/h1-10H,11H2,(H2,24,26). The second-order valence-electron chi connectivity index (χ2n) is 6.09. The van der Waals surface area contributed by atoms with Crippen molar-refractivity contribution in [1.29, 1.82) is 0 Å². The van der Waals surface area contributed by atoms with Crippen LogP contribution in [0.1, 0.15) is 20.4 Å². The van der Waals surface area contributed by atoms with Gasteiger partial charge in [-0.1, -0.05) is 30.3 Å². The van der Waals surface area contributed by atoms with E-state index in [2.05, 4.69) is 4.98 Å². The molecule has 0 radical (unpaired) electrons. The molecule has 0 spiro atoms. The quantitative estimate of drug-likeness (QED) is 0.470. The summed E-state index contributed by atoms with van der Waals surface area (Å²) in [5, 5.41) is 0.156. The van der Waals surface area contributed by atoms with E-state index >= 15 is 0 Å². The van der Waals surface area contributed by atoms with Crippen molar-refractivity contribution >= 4 is 28.6 Å². The normalized spacial score (nSPS) is 10.9. The molecular formula is C21H14F2N2OS2. The van der Waals surface area contributed by atoms with Crippen LogP contribution < -0.4 is 5.73 Å². The monoisotopic (exact) mass is 412 g/mol. The van der Waals surface area contributed by atoms with Gasteiger partial charge in [0.1, 0.15) is 11.6 Å². The number of halogens is 2. The summed E-state index contributed by atoms with van der Waals surface area (Å²) in [7, 11) is 0. The number of nitrogens with zero attached hydrogens (tertiary/aromatic N) is 1. The number of hydrogen-bond donors (Lipinski definition) is 1. The van der Waals surface area contributed by atoms with Crippen LogP contribution in [0.5, 0.6) is 0 Å². The van der Waals surface area contributed by atoms with Gasteiger partial charge < -0.3 is 5.73 Å². The highest BCUT2D eigenvalue weighted by Crippen LogP contribution is 2.35. The summed E-state index contributed by atoms with van der Waals surface area (Å²) in [6.45, 7) is 0. The molecule has 2 aromatic heterocycles. The molecular weight excluding hydrogens is 398 g/mol. The molecule has 0 atom stereocenters. The van der Waals surface area contributed by atoms with Gasteiger partial charge in [-0.25, -0.2) is 13.8 Å². The molecule has 0 fully saturated rings. The van der Waals surface area contributed by atoms with Crippen LogP contribution in [0.4, 0.5) is 8.78 Å². The third-order valence-electron chi connectivity index (χ3n) is 4.16. The summed E-state index contributed by atoms with van der Waals surface area (Å²) in [6.07, 6.45) is 0.444. The zero-order valence-corrected chi connectivity index (χ0v) is 16.1. The minimum atomic E-state index is -0.632. The molecule has 2 N–H and O–H groups in total. The molecule has 3 nitrogen and oxygen atoms in total. The summed E-state index contributed by atoms with van der Waals surface area (Å²) in [4.78, 5) is 18.5. The lowest BCUT2D eigenvalue weighted by Crippen LogP contribution is -2.10. The van der Waals surface area contributed by atoms with E-state index in [1.165, 1.54) is 18.2 Å². The minimum absolute atomic E-state index is 0.156. The topological polar surface area (TPSA) is 56.0 Å². The SMILES string of the molecule is NC(=O)c1nc(Cc2ccc(-c3ccc(F)cc3)s2)c(-c2ccccc2F)s1. The number of thiazole rings is 1. The smallest absolute Gasteiger partial charge is 0.277 e. The molecule has 2 aromatic carbocycles. The Bertz CT molecular complexity index is 1150. The van der Waals surface area contributed by atoms with Gasteiger partial charge in [0.05, 0.1) is 10.6 Å². The molecule has 2 heterocycles. The number of amides is 1. The Labute approximate surface area is 168 Å². The highest BCUT2D eigenvalue weighted by atomic mass is 32.1. The lowest BCUT2D eigenvalue weighted by atomic mass is 10.1. The molecule has 28 heavy (non-hydrogen) atoms. The van der Waals surface area contributed by atoms with Gasteiger partial charge in [0.2, 0.25) is 0 Å². The van der Waals surface area contributed by atoms with Gasteiger partial charge in [-0.2, -0.15) is 0 Å². The molecule has 7 heteroatoms. The van der Waals surface area contributed by atoms with E-state index < -0.39 is 5.91 Å². The van der Waals surface area contributed by atoms with Crippen LogP contribution in [-0.2, 0) is 6.42 Å². The van der Waals surface area contributed by atoms with E-state index in [0.717, 1.165) is 26.7 Å². The summed E-state index contributed by atoms with van der Waals surface area (Å²) in [6, 6.07) is 16.6. The van der Waals surface area contributed by atoms with E-state index in [4.69, 9.17) is 5.73 Å². The van der Waals surface area contributed by atoms with E-state index in [-0.39, 0.29) is 16.6 Å². The van der Waals surface area contributed by atoms with Crippen LogP contribution >= 0.6 is 22.7 Å². The second kappa shape index (κ2) is 7.61. The Balaban J connectivity index is 1.69. The van der Waals surface area contributed by atoms with Gasteiger partial charge in [0.25, 0.3) is 5.91 Å². The Kier molecular flexibility index (Phi) is 5.02. The second-order valence-corrected chi connectivity index (χ2v) is 8.26. The van der Waals surface area contributed by atoms with E-state index in [1.54, 1.807) is 41.7 Å². The van der Waals surface area contributed by atoms with Gasteiger partial charge in [-0.3, -0.25) is 4.79 Å². The maximum absolute atomic E-state index is 14.3. The highest BCUT2D eigenvalue weighted by molar-refractivity contribution is 7.17. The van der Waals surface area contributed by atoms with Crippen LogP contribution in [0.25, 0.3) is 20.9 Å². The molecule has 4 aromatic rings. The van der Waals surface area contributed by atoms with E-state index in [1.807, 2.05) is 12.1 Å². The molecule has 0 aliphatic heterocycles. The molecule has 0 aliphatic rings. The number of nitrogens with two attached hydrogens (primary N) is 1. The number of aromatic nitrogens is 1. The van der Waals surface area contributed by atoms with Gasteiger partial charge in [-0.15, -0.1) is 22.7 Å². The lowest BCUT2D eigenvalue weighted by molar-refractivity contribution is 0.0999. The molecule has 0 unspecified atom stereocenters. The molecule has 0 aliphatic carbocycles. The fourth-order valence-corrected chi connectivity index (χ4v) is 4.82. The Morgan fingerprint density at radius 2 is 1.71 bits per heavy atom. The number of rotatable bonds is 5. The van der Waals surface area contributed by atoms with Crippen molar-refractivity contribution in [1.82, 2.24) is 4.98 Å². The molecule has 0 bridgehead atoms. The van der Waals surface area contributed by atoms with Gasteiger partial charge in [-0.05, 0) is 35.9 Å². The molecule has 140 valence electrons. The lowest BCUT2D eigenvalue weighted by Gasteiger charge is -2.03. The predicted octanol–water partition coefficient (Wildman–Crippen LogP) is 5.51. The average Bonchev–Trinajstić information content (AvgIpc) is 3.31. The largest absolute Gasteiger partial charge is 0.364 e.